The minimum Gasteiger partial charge on any atom is -0.390 e. The second-order valence-electron chi connectivity index (χ2n) is 5.27. The first-order valence-corrected chi connectivity index (χ1v) is 8.63. The van der Waals surface area contributed by atoms with E-state index in [1.165, 1.54) is 4.31 Å². The topological polar surface area (TPSA) is 70.1 Å². The highest BCUT2D eigenvalue weighted by molar-refractivity contribution is 7.89. The van der Waals surface area contributed by atoms with Gasteiger partial charge < -0.3 is 9.84 Å². The van der Waals surface area contributed by atoms with Gasteiger partial charge in [0.15, 0.2) is 0 Å². The van der Waals surface area contributed by atoms with E-state index in [2.05, 4.69) is 4.90 Å². The molecule has 0 radical (unpaired) electrons. The fourth-order valence-corrected chi connectivity index (χ4v) is 4.36. The van der Waals surface area contributed by atoms with Crippen LogP contribution in [-0.2, 0) is 14.8 Å². The van der Waals surface area contributed by atoms with E-state index in [4.69, 9.17) is 4.74 Å². The minimum absolute atomic E-state index is 0.0831. The zero-order valence-electron chi connectivity index (χ0n) is 11.5. The lowest BCUT2D eigenvalue weighted by atomic mass is 10.2. The maximum atomic E-state index is 12.1. The summed E-state index contributed by atoms with van der Waals surface area (Å²) < 4.78 is 31.0. The zero-order chi connectivity index (χ0) is 13.9. The lowest BCUT2D eigenvalue weighted by Gasteiger charge is -2.33. The molecule has 2 saturated heterocycles. The highest BCUT2D eigenvalue weighted by Gasteiger charge is 2.40. The van der Waals surface area contributed by atoms with E-state index in [-0.39, 0.29) is 18.3 Å². The van der Waals surface area contributed by atoms with Crippen molar-refractivity contribution in [3.05, 3.63) is 0 Å². The standard InChI is InChI=1S/C12H24N2O4S/c1-2-3-8-19(16,17)14-9-11(12(15)10-14)13-4-6-18-7-5-13/h11-12,15H,2-10H2,1H3/t11-,12-/m0/s1. The van der Waals surface area contributed by atoms with Crippen LogP contribution in [0.4, 0.5) is 0 Å². The summed E-state index contributed by atoms with van der Waals surface area (Å²) in [5, 5.41) is 10.1. The number of unbranched alkanes of at least 4 members (excludes halogenated alkanes) is 1. The van der Waals surface area contributed by atoms with E-state index in [1.807, 2.05) is 6.92 Å². The number of hydrogen-bond acceptors (Lipinski definition) is 5. The van der Waals surface area contributed by atoms with Crippen LogP contribution in [0.1, 0.15) is 19.8 Å². The number of β-amino-alcohol motifs (C(OH)–C–C–N with tert-alkyl or cyclic N) is 1. The molecule has 0 saturated carbocycles. The van der Waals surface area contributed by atoms with Gasteiger partial charge in [0, 0.05) is 26.2 Å². The third kappa shape index (κ3) is 3.66. The molecule has 2 rings (SSSR count). The van der Waals surface area contributed by atoms with Crippen molar-refractivity contribution in [1.82, 2.24) is 9.21 Å². The third-order valence-corrected chi connectivity index (χ3v) is 5.78. The Labute approximate surface area is 115 Å². The first kappa shape index (κ1) is 15.2. The Morgan fingerprint density at radius 1 is 1.26 bits per heavy atom. The molecule has 0 aromatic heterocycles. The van der Waals surface area contributed by atoms with E-state index in [0.29, 0.717) is 26.2 Å². The molecule has 0 aliphatic carbocycles. The summed E-state index contributed by atoms with van der Waals surface area (Å²) in [5.74, 6) is 0.187. The van der Waals surface area contributed by atoms with Gasteiger partial charge in [0.25, 0.3) is 0 Å². The highest BCUT2D eigenvalue weighted by Crippen LogP contribution is 2.21. The van der Waals surface area contributed by atoms with Crippen LogP contribution in [0.2, 0.25) is 0 Å². The van der Waals surface area contributed by atoms with Crippen LogP contribution in [-0.4, -0.2) is 80.0 Å². The summed E-state index contributed by atoms with van der Waals surface area (Å²) in [6.07, 6.45) is 0.953. The fraction of sp³-hybridized carbons (Fsp3) is 1.00. The van der Waals surface area contributed by atoms with E-state index >= 15 is 0 Å². The Hall–Kier alpha value is -0.210. The summed E-state index contributed by atoms with van der Waals surface area (Å²) in [4.78, 5) is 2.14. The lowest BCUT2D eigenvalue weighted by Crippen LogP contribution is -2.49. The quantitative estimate of drug-likeness (QED) is 0.739. The minimum atomic E-state index is -3.21. The molecular formula is C12H24N2O4S. The van der Waals surface area contributed by atoms with Crippen LogP contribution in [0.5, 0.6) is 0 Å². The number of rotatable bonds is 5. The SMILES string of the molecule is CCCCS(=O)(=O)N1C[C@H](O)[C@@H](N2CCOCC2)C1. The Bertz CT molecular complexity index is 381. The molecule has 7 heteroatoms. The van der Waals surface area contributed by atoms with Crippen molar-refractivity contribution in [2.24, 2.45) is 0 Å². The summed E-state index contributed by atoms with van der Waals surface area (Å²) in [6, 6.07) is -0.0831. The Kier molecular flexibility index (Phi) is 5.19. The van der Waals surface area contributed by atoms with Gasteiger partial charge in [0.1, 0.15) is 0 Å². The monoisotopic (exact) mass is 292 g/mol. The van der Waals surface area contributed by atoms with Crippen LogP contribution in [0.15, 0.2) is 0 Å². The normalized spacial score (nSPS) is 30.8. The van der Waals surface area contributed by atoms with Gasteiger partial charge in [-0.2, -0.15) is 4.31 Å². The van der Waals surface area contributed by atoms with Crippen LogP contribution < -0.4 is 0 Å². The molecular weight excluding hydrogens is 268 g/mol. The molecule has 112 valence electrons. The van der Waals surface area contributed by atoms with E-state index in [9.17, 15) is 13.5 Å². The Balaban J connectivity index is 1.96. The third-order valence-electron chi connectivity index (χ3n) is 3.89. The lowest BCUT2D eigenvalue weighted by molar-refractivity contribution is -0.00602. The largest absolute Gasteiger partial charge is 0.390 e. The van der Waals surface area contributed by atoms with Crippen molar-refractivity contribution in [2.45, 2.75) is 31.9 Å². The average molecular weight is 292 g/mol. The van der Waals surface area contributed by atoms with Gasteiger partial charge in [-0.15, -0.1) is 0 Å². The number of nitrogens with zero attached hydrogens (tertiary/aromatic N) is 2. The van der Waals surface area contributed by atoms with Crippen molar-refractivity contribution < 1.29 is 18.3 Å². The van der Waals surface area contributed by atoms with Gasteiger partial charge in [-0.25, -0.2) is 8.42 Å². The zero-order valence-corrected chi connectivity index (χ0v) is 12.3. The summed E-state index contributed by atoms with van der Waals surface area (Å²) >= 11 is 0. The molecule has 0 unspecified atom stereocenters. The van der Waals surface area contributed by atoms with Gasteiger partial charge in [-0.1, -0.05) is 13.3 Å². The maximum absolute atomic E-state index is 12.1. The van der Waals surface area contributed by atoms with Crippen molar-refractivity contribution in [2.75, 3.05) is 45.1 Å². The summed E-state index contributed by atoms with van der Waals surface area (Å²) in [7, 11) is -3.21. The number of aliphatic hydroxyl groups excluding tert-OH is 1. The summed E-state index contributed by atoms with van der Waals surface area (Å²) in [6.45, 7) is 5.47. The Morgan fingerprint density at radius 3 is 2.58 bits per heavy atom. The molecule has 2 heterocycles. The fourth-order valence-electron chi connectivity index (χ4n) is 2.69. The van der Waals surface area contributed by atoms with Crippen LogP contribution in [0.3, 0.4) is 0 Å². The first-order valence-electron chi connectivity index (χ1n) is 7.02. The van der Waals surface area contributed by atoms with Gasteiger partial charge in [-0.3, -0.25) is 4.90 Å². The molecule has 0 amide bonds. The van der Waals surface area contributed by atoms with E-state index < -0.39 is 16.1 Å². The Morgan fingerprint density at radius 2 is 1.95 bits per heavy atom. The molecule has 2 atom stereocenters. The van der Waals surface area contributed by atoms with Gasteiger partial charge in [0.2, 0.25) is 10.0 Å². The average Bonchev–Trinajstić information content (AvgIpc) is 2.80. The number of ether oxygens (including phenoxy) is 1. The molecule has 19 heavy (non-hydrogen) atoms. The first-order chi connectivity index (χ1) is 9.04. The van der Waals surface area contributed by atoms with E-state index in [0.717, 1.165) is 19.5 Å². The molecule has 2 aliphatic heterocycles. The van der Waals surface area contributed by atoms with Crippen LogP contribution in [0, 0.1) is 0 Å². The van der Waals surface area contributed by atoms with Crippen molar-refractivity contribution in [3.8, 4) is 0 Å². The summed E-state index contributed by atoms with van der Waals surface area (Å²) in [5.41, 5.74) is 0. The van der Waals surface area contributed by atoms with Crippen molar-refractivity contribution >= 4 is 10.0 Å². The predicted octanol–water partition coefficient (Wildman–Crippen LogP) is -0.506. The molecule has 2 aliphatic rings. The number of sulfonamides is 1. The second kappa shape index (κ2) is 6.49. The van der Waals surface area contributed by atoms with Crippen molar-refractivity contribution in [1.29, 1.82) is 0 Å². The molecule has 2 fully saturated rings. The van der Waals surface area contributed by atoms with Gasteiger partial charge in [-0.05, 0) is 6.42 Å². The predicted molar refractivity (Wildman–Crippen MR) is 72.5 cm³/mol. The van der Waals surface area contributed by atoms with E-state index in [1.54, 1.807) is 0 Å². The highest BCUT2D eigenvalue weighted by atomic mass is 32.2. The number of hydrogen-bond donors (Lipinski definition) is 1. The molecule has 6 nitrogen and oxygen atoms in total. The molecule has 0 bridgehead atoms. The van der Waals surface area contributed by atoms with Gasteiger partial charge >= 0.3 is 0 Å². The van der Waals surface area contributed by atoms with Crippen LogP contribution in [0.25, 0.3) is 0 Å². The molecule has 0 spiro atoms. The number of morpholine rings is 1. The molecule has 0 aromatic rings. The smallest absolute Gasteiger partial charge is 0.214 e. The number of aliphatic hydroxyl groups is 1. The second-order valence-corrected chi connectivity index (χ2v) is 7.36. The molecule has 0 aromatic carbocycles. The van der Waals surface area contributed by atoms with Crippen molar-refractivity contribution in [3.63, 3.8) is 0 Å². The van der Waals surface area contributed by atoms with Crippen LogP contribution >= 0.6 is 0 Å². The van der Waals surface area contributed by atoms with Gasteiger partial charge in [0.05, 0.1) is 31.1 Å². The maximum Gasteiger partial charge on any atom is 0.214 e. The molecule has 1 N–H and O–H groups in total.